The predicted molar refractivity (Wildman–Crippen MR) is 81.3 cm³/mol. The van der Waals surface area contributed by atoms with E-state index in [0.29, 0.717) is 5.56 Å². The van der Waals surface area contributed by atoms with E-state index in [-0.39, 0.29) is 17.0 Å². The Balaban J connectivity index is 2.45. The number of nitrogens with zero attached hydrogens (tertiary/aromatic N) is 4. The quantitative estimate of drug-likeness (QED) is 0.779. The molecule has 1 aromatic carbocycles. The highest BCUT2D eigenvalue weighted by atomic mass is 16.7. The zero-order valence-corrected chi connectivity index (χ0v) is 12.6. The van der Waals surface area contributed by atoms with Crippen molar-refractivity contribution in [1.29, 1.82) is 15.8 Å². The molecule has 0 aromatic heterocycles. The first kappa shape index (κ1) is 15.3. The molecule has 0 radical (unpaired) electrons. The summed E-state index contributed by atoms with van der Waals surface area (Å²) in [5.41, 5.74) is 2.99. The van der Waals surface area contributed by atoms with Crippen molar-refractivity contribution in [3.8, 4) is 18.2 Å². The van der Waals surface area contributed by atoms with Gasteiger partial charge in [-0.15, -0.1) is 0 Å². The standard InChI is InChI=1S/C17H11N5O2/c1-10-17(15(23)24-22-10)13(11-5-3-2-4-6-11)16(8-19,9-20)12(7-18)14(17)21/h2-6,13H,21H2,1H3/t13-,17+/m0/s1. The molecule has 1 aliphatic heterocycles. The molecule has 7 heteroatoms. The van der Waals surface area contributed by atoms with Crippen LogP contribution in [0.1, 0.15) is 18.4 Å². The van der Waals surface area contributed by atoms with E-state index in [1.807, 2.05) is 18.2 Å². The highest BCUT2D eigenvalue weighted by molar-refractivity contribution is 6.13. The number of hydrogen-bond acceptors (Lipinski definition) is 7. The number of nitrogens with two attached hydrogens (primary N) is 1. The molecule has 0 saturated carbocycles. The smallest absolute Gasteiger partial charge is 0.353 e. The van der Waals surface area contributed by atoms with Gasteiger partial charge in [0, 0.05) is 11.6 Å². The van der Waals surface area contributed by atoms with E-state index in [9.17, 15) is 20.6 Å². The maximum Gasteiger partial charge on any atom is 0.353 e. The van der Waals surface area contributed by atoms with Crippen molar-refractivity contribution in [1.82, 2.24) is 0 Å². The molecule has 1 aliphatic carbocycles. The summed E-state index contributed by atoms with van der Waals surface area (Å²) in [6.45, 7) is 1.54. The van der Waals surface area contributed by atoms with Gasteiger partial charge in [0.15, 0.2) is 10.8 Å². The molecule has 2 aliphatic rings. The molecule has 3 rings (SSSR count). The summed E-state index contributed by atoms with van der Waals surface area (Å²) >= 11 is 0. The topological polar surface area (TPSA) is 136 Å². The first-order chi connectivity index (χ1) is 11.5. The number of benzene rings is 1. The molecule has 0 unspecified atom stereocenters. The number of rotatable bonds is 1. The van der Waals surface area contributed by atoms with E-state index >= 15 is 0 Å². The van der Waals surface area contributed by atoms with Crippen LogP contribution in [0.3, 0.4) is 0 Å². The molecule has 116 valence electrons. The molecule has 1 aromatic rings. The number of nitriles is 3. The van der Waals surface area contributed by atoms with Gasteiger partial charge in [0.1, 0.15) is 0 Å². The van der Waals surface area contributed by atoms with Crippen LogP contribution in [0.25, 0.3) is 0 Å². The molecule has 24 heavy (non-hydrogen) atoms. The first-order valence-electron chi connectivity index (χ1n) is 7.05. The number of oxime groups is 1. The largest absolute Gasteiger partial charge is 0.400 e. The lowest BCUT2D eigenvalue weighted by Gasteiger charge is -2.33. The molecule has 2 atom stereocenters. The van der Waals surface area contributed by atoms with Gasteiger partial charge >= 0.3 is 5.97 Å². The molecular formula is C17H11N5O2. The van der Waals surface area contributed by atoms with Crippen molar-refractivity contribution in [3.63, 3.8) is 0 Å². The second-order valence-electron chi connectivity index (χ2n) is 5.64. The molecule has 1 heterocycles. The summed E-state index contributed by atoms with van der Waals surface area (Å²) in [4.78, 5) is 17.4. The number of carbonyl (C=O) groups is 1. The minimum Gasteiger partial charge on any atom is -0.400 e. The molecule has 0 saturated heterocycles. The number of carbonyl (C=O) groups excluding carboxylic acids is 1. The summed E-state index contributed by atoms with van der Waals surface area (Å²) in [6, 6.07) is 14.2. The van der Waals surface area contributed by atoms with Gasteiger partial charge in [-0.3, -0.25) is 0 Å². The first-order valence-corrected chi connectivity index (χ1v) is 7.05. The van der Waals surface area contributed by atoms with Crippen LogP contribution < -0.4 is 5.73 Å². The Morgan fingerprint density at radius 3 is 2.29 bits per heavy atom. The molecule has 0 bridgehead atoms. The van der Waals surface area contributed by atoms with E-state index in [2.05, 4.69) is 5.16 Å². The Morgan fingerprint density at radius 1 is 1.21 bits per heavy atom. The molecule has 1 spiro atoms. The molecule has 0 fully saturated rings. The van der Waals surface area contributed by atoms with Gasteiger partial charge < -0.3 is 10.6 Å². The van der Waals surface area contributed by atoms with Crippen molar-refractivity contribution in [2.24, 2.45) is 21.7 Å². The van der Waals surface area contributed by atoms with Crippen LogP contribution in [0.4, 0.5) is 0 Å². The number of hydrogen-bond donors (Lipinski definition) is 1. The van der Waals surface area contributed by atoms with Crippen LogP contribution in [-0.2, 0) is 9.63 Å². The van der Waals surface area contributed by atoms with Crippen LogP contribution in [0, 0.1) is 44.8 Å². The van der Waals surface area contributed by atoms with Crippen molar-refractivity contribution >= 4 is 11.7 Å². The second-order valence-corrected chi connectivity index (χ2v) is 5.64. The average molecular weight is 317 g/mol. The summed E-state index contributed by atoms with van der Waals surface area (Å²) in [5, 5.41) is 32.8. The Morgan fingerprint density at radius 2 is 1.83 bits per heavy atom. The lowest BCUT2D eigenvalue weighted by Crippen LogP contribution is -2.45. The van der Waals surface area contributed by atoms with Crippen molar-refractivity contribution in [3.05, 3.63) is 47.2 Å². The zero-order chi connectivity index (χ0) is 17.5. The van der Waals surface area contributed by atoms with E-state index in [1.54, 1.807) is 30.3 Å². The van der Waals surface area contributed by atoms with E-state index in [4.69, 9.17) is 10.6 Å². The van der Waals surface area contributed by atoms with Crippen LogP contribution in [0.5, 0.6) is 0 Å². The van der Waals surface area contributed by atoms with Gasteiger partial charge in [0.25, 0.3) is 0 Å². The monoisotopic (exact) mass is 317 g/mol. The fraction of sp³-hybridized carbons (Fsp3) is 0.235. The normalized spacial score (nSPS) is 27.2. The van der Waals surface area contributed by atoms with Gasteiger partial charge in [0.2, 0.25) is 0 Å². The van der Waals surface area contributed by atoms with Crippen LogP contribution in [0.2, 0.25) is 0 Å². The average Bonchev–Trinajstić information content (AvgIpc) is 3.03. The maximum absolute atomic E-state index is 12.6. The van der Waals surface area contributed by atoms with Crippen molar-refractivity contribution in [2.75, 3.05) is 0 Å². The fourth-order valence-electron chi connectivity index (χ4n) is 3.63. The Kier molecular flexibility index (Phi) is 3.14. The third-order valence-electron chi connectivity index (χ3n) is 4.71. The third kappa shape index (κ3) is 1.47. The SMILES string of the molecule is CC1=NOC(=O)[C@]12C(N)=C(C#N)C(C#N)(C#N)[C@@H]2c1ccccc1. The Bertz CT molecular complexity index is 912. The third-order valence-corrected chi connectivity index (χ3v) is 4.71. The summed E-state index contributed by atoms with van der Waals surface area (Å²) < 4.78 is 0. The minimum atomic E-state index is -1.90. The van der Waals surface area contributed by atoms with Crippen molar-refractivity contribution < 1.29 is 9.63 Å². The van der Waals surface area contributed by atoms with E-state index in [0.717, 1.165) is 0 Å². The van der Waals surface area contributed by atoms with Crippen LogP contribution >= 0.6 is 0 Å². The van der Waals surface area contributed by atoms with Gasteiger partial charge in [0.05, 0.1) is 29.5 Å². The van der Waals surface area contributed by atoms with E-state index in [1.165, 1.54) is 6.92 Å². The molecule has 7 nitrogen and oxygen atoms in total. The molecule has 2 N–H and O–H groups in total. The van der Waals surface area contributed by atoms with Gasteiger partial charge in [-0.1, -0.05) is 35.5 Å². The number of allylic oxidation sites excluding steroid dienone is 1. The van der Waals surface area contributed by atoms with Gasteiger partial charge in [-0.2, -0.15) is 15.8 Å². The highest BCUT2D eigenvalue weighted by Gasteiger charge is 2.71. The maximum atomic E-state index is 12.6. The zero-order valence-electron chi connectivity index (χ0n) is 12.6. The van der Waals surface area contributed by atoms with E-state index < -0.39 is 22.7 Å². The van der Waals surface area contributed by atoms with Gasteiger partial charge in [-0.05, 0) is 12.5 Å². The predicted octanol–water partition coefficient (Wildman–Crippen LogP) is 1.47. The summed E-state index contributed by atoms with van der Waals surface area (Å²) in [5.74, 6) is -1.80. The van der Waals surface area contributed by atoms with Gasteiger partial charge in [-0.25, -0.2) is 4.79 Å². The lowest BCUT2D eigenvalue weighted by atomic mass is 9.62. The summed E-state index contributed by atoms with van der Waals surface area (Å²) in [7, 11) is 0. The Labute approximate surface area is 137 Å². The van der Waals surface area contributed by atoms with Crippen LogP contribution in [-0.4, -0.2) is 11.7 Å². The fourth-order valence-corrected chi connectivity index (χ4v) is 3.63. The summed E-state index contributed by atoms with van der Waals surface area (Å²) in [6.07, 6.45) is 0. The highest BCUT2D eigenvalue weighted by Crippen LogP contribution is 2.62. The van der Waals surface area contributed by atoms with Crippen LogP contribution in [0.15, 0.2) is 46.8 Å². The molecule has 0 amide bonds. The lowest BCUT2D eigenvalue weighted by molar-refractivity contribution is -0.147. The van der Waals surface area contributed by atoms with Crippen molar-refractivity contribution in [2.45, 2.75) is 12.8 Å². The second kappa shape index (κ2) is 4.94. The Hall–Kier alpha value is -3.63. The molecular weight excluding hydrogens is 306 g/mol. The minimum absolute atomic E-state index is 0.147.